The maximum atomic E-state index is 8.63. The van der Waals surface area contributed by atoms with Crippen molar-refractivity contribution >= 4 is 7.32 Å². The molecule has 6 heteroatoms. The Balaban J connectivity index is 3.00. The first-order valence-corrected chi connectivity index (χ1v) is 3.77. The average molecular weight is 193 g/mol. The molecule has 0 aliphatic rings. The van der Waals surface area contributed by atoms with Gasteiger partial charge in [0.2, 0.25) is 0 Å². The number of methoxy groups -OCH3 is 1. The van der Waals surface area contributed by atoms with E-state index in [0.717, 1.165) is 0 Å². The smallest absolute Gasteiger partial charge is 0.512 e. The Bertz CT molecular complexity index is 361. The van der Waals surface area contributed by atoms with Crippen LogP contribution in [0.3, 0.4) is 0 Å². The van der Waals surface area contributed by atoms with Gasteiger partial charge in [-0.15, -0.1) is 0 Å². The van der Waals surface area contributed by atoms with Gasteiger partial charge in [0, 0.05) is 6.07 Å². The summed E-state index contributed by atoms with van der Waals surface area (Å²) in [6.45, 7) is 0. The van der Waals surface area contributed by atoms with Crippen LogP contribution in [-0.4, -0.2) is 24.5 Å². The van der Waals surface area contributed by atoms with E-state index in [-0.39, 0.29) is 5.75 Å². The molecule has 72 valence electrons. The van der Waals surface area contributed by atoms with E-state index >= 15 is 0 Å². The summed E-state index contributed by atoms with van der Waals surface area (Å²) in [5, 5.41) is 25.7. The van der Waals surface area contributed by atoms with E-state index in [1.54, 1.807) is 0 Å². The van der Waals surface area contributed by atoms with Gasteiger partial charge >= 0.3 is 7.32 Å². The molecule has 0 spiro atoms. The van der Waals surface area contributed by atoms with Crippen molar-refractivity contribution in [2.75, 3.05) is 7.11 Å². The van der Waals surface area contributed by atoms with E-state index in [0.29, 0.717) is 11.3 Å². The summed E-state index contributed by atoms with van der Waals surface area (Å²) in [6.07, 6.45) is 0. The van der Waals surface area contributed by atoms with Gasteiger partial charge in [-0.25, -0.2) is 0 Å². The van der Waals surface area contributed by atoms with E-state index in [1.165, 1.54) is 25.3 Å². The van der Waals surface area contributed by atoms with Crippen LogP contribution in [0.4, 0.5) is 0 Å². The second-order valence-corrected chi connectivity index (χ2v) is 2.45. The molecular weight excluding hydrogens is 185 g/mol. The standard InChI is InChI=1S/C8H8BNO4/c1-13-7-2-6(5-10)3-8(4-7)14-9(11)12/h2-4,11-12H,1H3. The molecule has 0 aromatic heterocycles. The summed E-state index contributed by atoms with van der Waals surface area (Å²) in [5.74, 6) is 0.579. The Labute approximate surface area is 81.3 Å². The van der Waals surface area contributed by atoms with Gasteiger partial charge in [0.15, 0.2) is 0 Å². The van der Waals surface area contributed by atoms with Crippen molar-refractivity contribution < 1.29 is 19.4 Å². The molecule has 0 heterocycles. The van der Waals surface area contributed by atoms with Crippen molar-refractivity contribution in [1.82, 2.24) is 0 Å². The lowest BCUT2D eigenvalue weighted by Crippen LogP contribution is -2.20. The molecule has 2 N–H and O–H groups in total. The molecule has 1 aromatic carbocycles. The van der Waals surface area contributed by atoms with Crippen LogP contribution in [-0.2, 0) is 0 Å². The minimum absolute atomic E-state index is 0.163. The zero-order valence-electron chi connectivity index (χ0n) is 7.47. The zero-order valence-corrected chi connectivity index (χ0v) is 7.47. The van der Waals surface area contributed by atoms with Crippen molar-refractivity contribution in [3.8, 4) is 17.6 Å². The molecule has 5 nitrogen and oxygen atoms in total. The summed E-state index contributed by atoms with van der Waals surface area (Å²) in [5.41, 5.74) is 0.319. The van der Waals surface area contributed by atoms with Gasteiger partial charge in [-0.1, -0.05) is 0 Å². The molecule has 0 aliphatic heterocycles. The number of hydrogen-bond donors (Lipinski definition) is 2. The maximum absolute atomic E-state index is 8.63. The van der Waals surface area contributed by atoms with E-state index in [4.69, 9.17) is 20.0 Å². The zero-order chi connectivity index (χ0) is 10.6. The Kier molecular flexibility index (Phi) is 3.34. The Morgan fingerprint density at radius 2 is 1.93 bits per heavy atom. The lowest BCUT2D eigenvalue weighted by molar-refractivity contribution is 0.287. The Hall–Kier alpha value is -1.71. The van der Waals surface area contributed by atoms with Gasteiger partial charge < -0.3 is 19.4 Å². The molecular formula is C8H8BNO4. The third kappa shape index (κ3) is 2.66. The van der Waals surface area contributed by atoms with Crippen LogP contribution in [0.5, 0.6) is 11.5 Å². The van der Waals surface area contributed by atoms with Gasteiger partial charge in [0.05, 0.1) is 18.7 Å². The minimum Gasteiger partial charge on any atom is -0.512 e. The molecule has 0 atom stereocenters. The fraction of sp³-hybridized carbons (Fsp3) is 0.125. The van der Waals surface area contributed by atoms with E-state index < -0.39 is 7.32 Å². The predicted molar refractivity (Wildman–Crippen MR) is 48.5 cm³/mol. The SMILES string of the molecule is COc1cc(C#N)cc(OB(O)O)c1. The molecule has 0 unspecified atom stereocenters. The predicted octanol–water partition coefficient (Wildman–Crippen LogP) is -0.0848. The van der Waals surface area contributed by atoms with Crippen LogP contribution in [0.2, 0.25) is 0 Å². The number of hydrogen-bond acceptors (Lipinski definition) is 5. The van der Waals surface area contributed by atoms with E-state index in [2.05, 4.69) is 4.65 Å². The number of rotatable bonds is 3. The van der Waals surface area contributed by atoms with E-state index in [9.17, 15) is 0 Å². The summed E-state index contributed by atoms with van der Waals surface area (Å²) in [4.78, 5) is 0. The third-order valence-electron chi connectivity index (χ3n) is 1.49. The average Bonchev–Trinajstić information content (AvgIpc) is 2.16. The molecule has 0 aliphatic carbocycles. The topological polar surface area (TPSA) is 82.7 Å². The highest BCUT2D eigenvalue weighted by Gasteiger charge is 2.12. The molecule has 0 saturated carbocycles. The number of ether oxygens (including phenoxy) is 1. The summed E-state index contributed by atoms with van der Waals surface area (Å²) < 4.78 is 9.46. The first-order valence-electron chi connectivity index (χ1n) is 3.77. The highest BCUT2D eigenvalue weighted by Crippen LogP contribution is 2.22. The first kappa shape index (κ1) is 10.4. The van der Waals surface area contributed by atoms with Gasteiger partial charge in [-0.2, -0.15) is 5.26 Å². The van der Waals surface area contributed by atoms with Crippen molar-refractivity contribution in [3.63, 3.8) is 0 Å². The van der Waals surface area contributed by atoms with Crippen LogP contribution in [0, 0.1) is 11.3 Å². The molecule has 0 bridgehead atoms. The lowest BCUT2D eigenvalue weighted by atomic mass is 10.2. The van der Waals surface area contributed by atoms with Crippen molar-refractivity contribution in [3.05, 3.63) is 23.8 Å². The minimum atomic E-state index is -1.91. The second-order valence-electron chi connectivity index (χ2n) is 2.45. The third-order valence-corrected chi connectivity index (χ3v) is 1.49. The molecule has 0 saturated heterocycles. The first-order chi connectivity index (χ1) is 6.65. The van der Waals surface area contributed by atoms with Gasteiger partial charge in [-0.3, -0.25) is 0 Å². The Morgan fingerprint density at radius 3 is 2.43 bits per heavy atom. The normalized spacial score (nSPS) is 9.00. The monoisotopic (exact) mass is 193 g/mol. The van der Waals surface area contributed by atoms with Crippen LogP contribution < -0.4 is 9.39 Å². The van der Waals surface area contributed by atoms with Gasteiger partial charge in [0.25, 0.3) is 0 Å². The summed E-state index contributed by atoms with van der Waals surface area (Å²) in [6, 6.07) is 6.22. The maximum Gasteiger partial charge on any atom is 0.707 e. The van der Waals surface area contributed by atoms with Crippen molar-refractivity contribution in [2.45, 2.75) is 0 Å². The fourth-order valence-electron chi connectivity index (χ4n) is 0.944. The molecule has 1 aromatic rings. The van der Waals surface area contributed by atoms with E-state index in [1.807, 2.05) is 6.07 Å². The van der Waals surface area contributed by atoms with Crippen LogP contribution >= 0.6 is 0 Å². The molecule has 0 amide bonds. The summed E-state index contributed by atoms with van der Waals surface area (Å²) >= 11 is 0. The van der Waals surface area contributed by atoms with Crippen LogP contribution in [0.25, 0.3) is 0 Å². The van der Waals surface area contributed by atoms with Gasteiger partial charge in [-0.05, 0) is 12.1 Å². The van der Waals surface area contributed by atoms with Crippen molar-refractivity contribution in [2.24, 2.45) is 0 Å². The number of nitrogens with zero attached hydrogens (tertiary/aromatic N) is 1. The number of nitriles is 1. The van der Waals surface area contributed by atoms with Gasteiger partial charge in [0.1, 0.15) is 11.5 Å². The highest BCUT2D eigenvalue weighted by molar-refractivity contribution is 6.33. The molecule has 1 rings (SSSR count). The molecule has 0 radical (unpaired) electrons. The lowest BCUT2D eigenvalue weighted by Gasteiger charge is -2.07. The Morgan fingerprint density at radius 1 is 1.29 bits per heavy atom. The highest BCUT2D eigenvalue weighted by atomic mass is 16.6. The summed E-state index contributed by atoms with van der Waals surface area (Å²) in [7, 11) is -0.469. The van der Waals surface area contributed by atoms with Crippen molar-refractivity contribution in [1.29, 1.82) is 5.26 Å². The van der Waals surface area contributed by atoms with Crippen LogP contribution in [0.1, 0.15) is 5.56 Å². The largest absolute Gasteiger partial charge is 0.707 e. The molecule has 14 heavy (non-hydrogen) atoms. The van der Waals surface area contributed by atoms with Crippen LogP contribution in [0.15, 0.2) is 18.2 Å². The molecule has 0 fully saturated rings. The fourth-order valence-corrected chi connectivity index (χ4v) is 0.944. The number of benzene rings is 1. The second kappa shape index (κ2) is 4.51. The quantitative estimate of drug-likeness (QED) is 0.655.